The summed E-state index contributed by atoms with van der Waals surface area (Å²) in [5.41, 5.74) is 2.71. The molecule has 4 rings (SSSR count). The standard InChI is InChI=1S/C18H13N3O3/c1-22-13-3-4-15-14(7-13)18(11(8-19)9-20-15)21-12-2-5-16-17(6-12)24-10-23-16/h2-7,9H,10H2,1H3,(H,20,21). The maximum absolute atomic E-state index is 9.43. The second-order valence-corrected chi connectivity index (χ2v) is 5.23. The van der Waals surface area contributed by atoms with E-state index in [0.29, 0.717) is 28.5 Å². The third-order valence-electron chi connectivity index (χ3n) is 3.84. The van der Waals surface area contributed by atoms with Crippen molar-refractivity contribution in [3.05, 3.63) is 48.2 Å². The topological polar surface area (TPSA) is 76.4 Å². The van der Waals surface area contributed by atoms with Crippen molar-refractivity contribution >= 4 is 22.3 Å². The molecule has 0 atom stereocenters. The van der Waals surface area contributed by atoms with E-state index in [9.17, 15) is 5.26 Å². The Balaban J connectivity index is 1.83. The molecule has 0 bridgehead atoms. The summed E-state index contributed by atoms with van der Waals surface area (Å²) in [5, 5.41) is 13.5. The highest BCUT2D eigenvalue weighted by atomic mass is 16.7. The van der Waals surface area contributed by atoms with Crippen LogP contribution < -0.4 is 19.5 Å². The summed E-state index contributed by atoms with van der Waals surface area (Å²) < 4.78 is 16.0. The van der Waals surface area contributed by atoms with Crippen LogP contribution in [0.4, 0.5) is 11.4 Å². The summed E-state index contributed by atoms with van der Waals surface area (Å²) in [4.78, 5) is 4.32. The van der Waals surface area contributed by atoms with Gasteiger partial charge in [0.1, 0.15) is 11.8 Å². The quantitative estimate of drug-likeness (QED) is 0.795. The van der Waals surface area contributed by atoms with Crippen molar-refractivity contribution in [2.24, 2.45) is 0 Å². The minimum absolute atomic E-state index is 0.220. The zero-order valence-electron chi connectivity index (χ0n) is 12.9. The molecule has 2 heterocycles. The molecule has 1 aliphatic heterocycles. The van der Waals surface area contributed by atoms with Crippen molar-refractivity contribution < 1.29 is 14.2 Å². The van der Waals surface area contributed by atoms with Crippen LogP contribution in [0, 0.1) is 11.3 Å². The van der Waals surface area contributed by atoms with Gasteiger partial charge in [-0.05, 0) is 30.3 Å². The summed E-state index contributed by atoms with van der Waals surface area (Å²) in [6, 6.07) is 13.3. The van der Waals surface area contributed by atoms with Crippen LogP contribution in [0.1, 0.15) is 5.56 Å². The number of nitrogens with zero attached hydrogens (tertiary/aromatic N) is 2. The Kier molecular flexibility index (Phi) is 3.32. The number of rotatable bonds is 3. The van der Waals surface area contributed by atoms with Gasteiger partial charge in [0.15, 0.2) is 11.5 Å². The van der Waals surface area contributed by atoms with Crippen LogP contribution >= 0.6 is 0 Å². The number of methoxy groups -OCH3 is 1. The molecule has 3 aromatic rings. The molecule has 2 aromatic carbocycles. The van der Waals surface area contributed by atoms with Gasteiger partial charge in [-0.1, -0.05) is 0 Å². The molecule has 0 saturated heterocycles. The SMILES string of the molecule is COc1ccc2ncc(C#N)c(Nc3ccc4c(c3)OCO4)c2c1. The number of pyridine rings is 1. The first-order chi connectivity index (χ1) is 11.8. The monoisotopic (exact) mass is 319 g/mol. The number of benzene rings is 2. The maximum Gasteiger partial charge on any atom is 0.231 e. The van der Waals surface area contributed by atoms with Crippen molar-refractivity contribution in [2.45, 2.75) is 0 Å². The average Bonchev–Trinajstić information content (AvgIpc) is 3.09. The molecule has 1 aliphatic rings. The Morgan fingerprint density at radius 2 is 2.04 bits per heavy atom. The Morgan fingerprint density at radius 3 is 2.88 bits per heavy atom. The number of hydrogen-bond donors (Lipinski definition) is 1. The maximum atomic E-state index is 9.43. The van der Waals surface area contributed by atoms with Crippen molar-refractivity contribution in [3.8, 4) is 23.3 Å². The molecule has 1 N–H and O–H groups in total. The molecule has 1 aromatic heterocycles. The second-order valence-electron chi connectivity index (χ2n) is 5.23. The van der Waals surface area contributed by atoms with Crippen molar-refractivity contribution in [1.82, 2.24) is 4.98 Å². The molecule has 0 fully saturated rings. The lowest BCUT2D eigenvalue weighted by molar-refractivity contribution is 0.174. The molecule has 6 heteroatoms. The van der Waals surface area contributed by atoms with Gasteiger partial charge in [-0.2, -0.15) is 5.26 Å². The minimum atomic E-state index is 0.220. The lowest BCUT2D eigenvalue weighted by atomic mass is 10.1. The highest BCUT2D eigenvalue weighted by Gasteiger charge is 2.15. The molecule has 0 unspecified atom stereocenters. The van der Waals surface area contributed by atoms with Gasteiger partial charge in [-0.25, -0.2) is 0 Å². The molecule has 24 heavy (non-hydrogen) atoms. The number of hydrogen-bond acceptors (Lipinski definition) is 6. The van der Waals surface area contributed by atoms with Crippen LogP contribution in [0.15, 0.2) is 42.6 Å². The van der Waals surface area contributed by atoms with Gasteiger partial charge in [0.2, 0.25) is 6.79 Å². The summed E-state index contributed by atoms with van der Waals surface area (Å²) in [7, 11) is 1.60. The fourth-order valence-electron chi connectivity index (χ4n) is 2.64. The second kappa shape index (κ2) is 5.63. The van der Waals surface area contributed by atoms with E-state index in [-0.39, 0.29) is 6.79 Å². The smallest absolute Gasteiger partial charge is 0.231 e. The summed E-state index contributed by atoms with van der Waals surface area (Å²) in [5.74, 6) is 2.09. The zero-order chi connectivity index (χ0) is 16.5. The summed E-state index contributed by atoms with van der Waals surface area (Å²) in [6.07, 6.45) is 1.56. The van der Waals surface area contributed by atoms with E-state index in [0.717, 1.165) is 16.6 Å². The first-order valence-corrected chi connectivity index (χ1v) is 7.32. The predicted molar refractivity (Wildman–Crippen MR) is 88.9 cm³/mol. The fourth-order valence-corrected chi connectivity index (χ4v) is 2.64. The van der Waals surface area contributed by atoms with Crippen LogP contribution in [0.2, 0.25) is 0 Å². The van der Waals surface area contributed by atoms with E-state index in [2.05, 4.69) is 16.4 Å². The van der Waals surface area contributed by atoms with Crippen LogP contribution in [0.3, 0.4) is 0 Å². The van der Waals surface area contributed by atoms with E-state index in [1.165, 1.54) is 0 Å². The van der Waals surface area contributed by atoms with Gasteiger partial charge >= 0.3 is 0 Å². The Labute approximate surface area is 138 Å². The first-order valence-electron chi connectivity index (χ1n) is 7.32. The normalized spacial score (nSPS) is 12.0. The number of aromatic nitrogens is 1. The molecular weight excluding hydrogens is 306 g/mol. The Bertz CT molecular complexity index is 979. The third-order valence-corrected chi connectivity index (χ3v) is 3.84. The highest BCUT2D eigenvalue weighted by Crippen LogP contribution is 2.37. The van der Waals surface area contributed by atoms with Gasteiger partial charge < -0.3 is 19.5 Å². The van der Waals surface area contributed by atoms with E-state index >= 15 is 0 Å². The summed E-state index contributed by atoms with van der Waals surface area (Å²) >= 11 is 0. The molecule has 0 amide bonds. The largest absolute Gasteiger partial charge is 0.497 e. The van der Waals surface area contributed by atoms with E-state index in [4.69, 9.17) is 14.2 Å². The lowest BCUT2D eigenvalue weighted by Crippen LogP contribution is -1.97. The van der Waals surface area contributed by atoms with Gasteiger partial charge in [-0.3, -0.25) is 4.98 Å². The van der Waals surface area contributed by atoms with Gasteiger partial charge in [0.25, 0.3) is 0 Å². The van der Waals surface area contributed by atoms with E-state index in [1.54, 1.807) is 13.3 Å². The minimum Gasteiger partial charge on any atom is -0.497 e. The number of nitriles is 1. The third kappa shape index (κ3) is 2.32. The number of fused-ring (bicyclic) bond motifs is 2. The average molecular weight is 319 g/mol. The van der Waals surface area contributed by atoms with Crippen LogP contribution in [0.25, 0.3) is 10.9 Å². The highest BCUT2D eigenvalue weighted by molar-refractivity contribution is 5.96. The lowest BCUT2D eigenvalue weighted by Gasteiger charge is -2.12. The van der Waals surface area contributed by atoms with E-state index < -0.39 is 0 Å². The predicted octanol–water partition coefficient (Wildman–Crippen LogP) is 3.59. The van der Waals surface area contributed by atoms with E-state index in [1.807, 2.05) is 36.4 Å². The van der Waals surface area contributed by atoms with Crippen molar-refractivity contribution in [2.75, 3.05) is 19.2 Å². The zero-order valence-corrected chi connectivity index (χ0v) is 12.9. The van der Waals surface area contributed by atoms with Gasteiger partial charge in [0.05, 0.1) is 23.9 Å². The molecule has 6 nitrogen and oxygen atoms in total. The molecule has 0 saturated carbocycles. The molecule has 0 aliphatic carbocycles. The Hall–Kier alpha value is -3.46. The molecular formula is C18H13N3O3. The Morgan fingerprint density at radius 1 is 1.17 bits per heavy atom. The molecule has 118 valence electrons. The number of anilines is 2. The fraction of sp³-hybridized carbons (Fsp3) is 0.111. The molecule has 0 spiro atoms. The number of nitrogens with one attached hydrogen (secondary N) is 1. The van der Waals surface area contributed by atoms with Crippen LogP contribution in [0.5, 0.6) is 17.2 Å². The van der Waals surface area contributed by atoms with Crippen LogP contribution in [-0.4, -0.2) is 18.9 Å². The molecule has 0 radical (unpaired) electrons. The van der Waals surface area contributed by atoms with Crippen molar-refractivity contribution in [3.63, 3.8) is 0 Å². The van der Waals surface area contributed by atoms with Gasteiger partial charge in [-0.15, -0.1) is 0 Å². The van der Waals surface area contributed by atoms with Gasteiger partial charge in [0, 0.05) is 23.3 Å². The van der Waals surface area contributed by atoms with Crippen LogP contribution in [-0.2, 0) is 0 Å². The first kappa shape index (κ1) is 14.2. The summed E-state index contributed by atoms with van der Waals surface area (Å²) in [6.45, 7) is 0.220. The van der Waals surface area contributed by atoms with Crippen molar-refractivity contribution in [1.29, 1.82) is 5.26 Å². The number of ether oxygens (including phenoxy) is 3.